The Kier molecular flexibility index (Phi) is 3.25. The highest BCUT2D eigenvalue weighted by Gasteiger charge is 2.12. The number of thioether (sulfide) groups is 1. The van der Waals surface area contributed by atoms with E-state index in [0.717, 1.165) is 22.4 Å². The van der Waals surface area contributed by atoms with Gasteiger partial charge in [0.1, 0.15) is 5.52 Å². The van der Waals surface area contributed by atoms with Gasteiger partial charge in [-0.3, -0.25) is 0 Å². The molecule has 0 spiro atoms. The minimum absolute atomic E-state index is 0.594. The van der Waals surface area contributed by atoms with E-state index >= 15 is 0 Å². The van der Waals surface area contributed by atoms with E-state index in [9.17, 15) is 0 Å². The number of nitrogens with zero attached hydrogens (tertiary/aromatic N) is 2. The first-order valence-electron chi connectivity index (χ1n) is 6.23. The summed E-state index contributed by atoms with van der Waals surface area (Å²) in [6.45, 7) is 4.14. The highest BCUT2D eigenvalue weighted by molar-refractivity contribution is 7.99. The normalized spacial score (nSPS) is 11.1. The number of hydrogen-bond donors (Lipinski definition) is 0. The van der Waals surface area contributed by atoms with Gasteiger partial charge in [0.2, 0.25) is 11.6 Å². The number of rotatable bonds is 3. The van der Waals surface area contributed by atoms with Crippen LogP contribution in [0.3, 0.4) is 0 Å². The average Bonchev–Trinajstić information content (AvgIpc) is 2.82. The fraction of sp³-hybridized carbons (Fsp3) is 0.200. The summed E-state index contributed by atoms with van der Waals surface area (Å²) in [7, 11) is 0. The summed E-state index contributed by atoms with van der Waals surface area (Å²) >= 11 is 1.79. The zero-order chi connectivity index (χ0) is 13.2. The summed E-state index contributed by atoms with van der Waals surface area (Å²) in [5.41, 5.74) is 3.52. The van der Waals surface area contributed by atoms with E-state index in [-0.39, 0.29) is 0 Å². The maximum Gasteiger partial charge on any atom is 0.247 e. The fourth-order valence-electron chi connectivity index (χ4n) is 1.96. The minimum atomic E-state index is 0.594. The van der Waals surface area contributed by atoms with Gasteiger partial charge >= 0.3 is 0 Å². The van der Waals surface area contributed by atoms with Crippen molar-refractivity contribution in [2.75, 3.05) is 5.75 Å². The zero-order valence-corrected chi connectivity index (χ0v) is 11.7. The molecule has 0 N–H and O–H groups in total. The molecule has 2 aromatic heterocycles. The van der Waals surface area contributed by atoms with Gasteiger partial charge in [0.15, 0.2) is 0 Å². The van der Waals surface area contributed by atoms with Crippen LogP contribution in [0.1, 0.15) is 12.5 Å². The minimum Gasteiger partial charge on any atom is -0.418 e. The Bertz CT molecular complexity index is 721. The molecule has 0 atom stereocenters. The van der Waals surface area contributed by atoms with Crippen LogP contribution in [-0.4, -0.2) is 15.7 Å². The summed E-state index contributed by atoms with van der Waals surface area (Å²) in [4.78, 5) is 10.00. The molecule has 2 heterocycles. The van der Waals surface area contributed by atoms with Gasteiger partial charge < -0.3 is 4.42 Å². The molecule has 0 fully saturated rings. The van der Waals surface area contributed by atoms with Crippen LogP contribution in [0.15, 0.2) is 45.8 Å². The number of oxazole rings is 1. The van der Waals surface area contributed by atoms with Gasteiger partial charge in [0, 0.05) is 11.1 Å². The lowest BCUT2D eigenvalue weighted by Crippen LogP contribution is -1.82. The third-order valence-electron chi connectivity index (χ3n) is 2.80. The zero-order valence-electron chi connectivity index (χ0n) is 10.9. The SMILES string of the molecule is CCSc1ccccc1-c1nc2cc(C)cnc2o1. The third kappa shape index (κ3) is 2.36. The van der Waals surface area contributed by atoms with Gasteiger partial charge in [-0.15, -0.1) is 11.8 Å². The third-order valence-corrected chi connectivity index (χ3v) is 3.76. The monoisotopic (exact) mass is 270 g/mol. The number of hydrogen-bond acceptors (Lipinski definition) is 4. The van der Waals surface area contributed by atoms with E-state index in [1.807, 2.05) is 31.2 Å². The molecule has 0 aliphatic rings. The Morgan fingerprint density at radius 2 is 2.11 bits per heavy atom. The molecular formula is C15H14N2OS. The lowest BCUT2D eigenvalue weighted by Gasteiger charge is -2.03. The molecule has 0 aliphatic heterocycles. The van der Waals surface area contributed by atoms with Gasteiger partial charge in [-0.05, 0) is 36.4 Å². The van der Waals surface area contributed by atoms with Gasteiger partial charge in [-0.1, -0.05) is 19.1 Å². The van der Waals surface area contributed by atoms with Crippen LogP contribution in [-0.2, 0) is 0 Å². The van der Waals surface area contributed by atoms with E-state index in [4.69, 9.17) is 4.42 Å². The van der Waals surface area contributed by atoms with Crippen LogP contribution in [0.4, 0.5) is 0 Å². The predicted molar refractivity (Wildman–Crippen MR) is 78.4 cm³/mol. The number of fused-ring (bicyclic) bond motifs is 1. The maximum absolute atomic E-state index is 5.76. The van der Waals surface area contributed by atoms with Crippen molar-refractivity contribution in [1.29, 1.82) is 0 Å². The first kappa shape index (κ1) is 12.2. The molecule has 0 amide bonds. The van der Waals surface area contributed by atoms with Crippen molar-refractivity contribution in [3.05, 3.63) is 42.1 Å². The molecule has 19 heavy (non-hydrogen) atoms. The molecule has 1 aromatic carbocycles. The molecule has 0 unspecified atom stereocenters. The molecular weight excluding hydrogens is 256 g/mol. The Labute approximate surface area is 116 Å². The second kappa shape index (κ2) is 5.05. The van der Waals surface area contributed by atoms with Crippen LogP contribution in [0.2, 0.25) is 0 Å². The second-order valence-electron chi connectivity index (χ2n) is 4.29. The number of pyridine rings is 1. The molecule has 3 nitrogen and oxygen atoms in total. The van der Waals surface area contributed by atoms with Crippen LogP contribution in [0.25, 0.3) is 22.7 Å². The molecule has 0 saturated heterocycles. The summed E-state index contributed by atoms with van der Waals surface area (Å²) in [5.74, 6) is 1.67. The van der Waals surface area contributed by atoms with E-state index in [1.165, 1.54) is 4.90 Å². The molecule has 0 saturated carbocycles. The highest BCUT2D eigenvalue weighted by Crippen LogP contribution is 2.32. The Hall–Kier alpha value is -1.81. The van der Waals surface area contributed by atoms with Crippen molar-refractivity contribution in [3.8, 4) is 11.5 Å². The van der Waals surface area contributed by atoms with Crippen molar-refractivity contribution in [2.24, 2.45) is 0 Å². The molecule has 0 bridgehead atoms. The first-order chi connectivity index (χ1) is 9.28. The summed E-state index contributed by atoms with van der Waals surface area (Å²) < 4.78 is 5.76. The molecule has 0 aliphatic carbocycles. The Morgan fingerprint density at radius 3 is 2.95 bits per heavy atom. The lowest BCUT2D eigenvalue weighted by molar-refractivity contribution is 0.606. The molecule has 0 radical (unpaired) electrons. The van der Waals surface area contributed by atoms with Gasteiger partial charge in [0.25, 0.3) is 0 Å². The summed E-state index contributed by atoms with van der Waals surface area (Å²) in [6.07, 6.45) is 1.80. The Balaban J connectivity index is 2.13. The van der Waals surface area contributed by atoms with Gasteiger partial charge in [-0.2, -0.15) is 0 Å². The average molecular weight is 270 g/mol. The van der Waals surface area contributed by atoms with Crippen molar-refractivity contribution in [2.45, 2.75) is 18.7 Å². The van der Waals surface area contributed by atoms with Gasteiger partial charge in [-0.25, -0.2) is 9.97 Å². The largest absolute Gasteiger partial charge is 0.418 e. The molecule has 3 aromatic rings. The summed E-state index contributed by atoms with van der Waals surface area (Å²) in [5, 5.41) is 0. The van der Waals surface area contributed by atoms with Crippen LogP contribution >= 0.6 is 11.8 Å². The molecule has 4 heteroatoms. The first-order valence-corrected chi connectivity index (χ1v) is 7.22. The highest BCUT2D eigenvalue weighted by atomic mass is 32.2. The van der Waals surface area contributed by atoms with Crippen LogP contribution < -0.4 is 0 Å². The number of benzene rings is 1. The number of aryl methyl sites for hydroxylation is 1. The smallest absolute Gasteiger partial charge is 0.247 e. The van der Waals surface area contributed by atoms with Crippen LogP contribution in [0, 0.1) is 6.92 Å². The van der Waals surface area contributed by atoms with Crippen molar-refractivity contribution >= 4 is 23.0 Å². The maximum atomic E-state index is 5.76. The van der Waals surface area contributed by atoms with Gasteiger partial charge in [0.05, 0.1) is 5.56 Å². The van der Waals surface area contributed by atoms with Crippen molar-refractivity contribution in [3.63, 3.8) is 0 Å². The summed E-state index contributed by atoms with van der Waals surface area (Å²) in [6, 6.07) is 10.2. The number of aromatic nitrogens is 2. The van der Waals surface area contributed by atoms with Crippen molar-refractivity contribution in [1.82, 2.24) is 9.97 Å². The molecule has 3 rings (SSSR count). The topological polar surface area (TPSA) is 38.9 Å². The standard InChI is InChI=1S/C15H14N2OS/c1-3-19-13-7-5-4-6-11(13)14-17-12-8-10(2)9-16-15(12)18-14/h4-9H,3H2,1-2H3. The fourth-order valence-corrected chi connectivity index (χ4v) is 2.76. The van der Waals surface area contributed by atoms with Crippen LogP contribution in [0.5, 0.6) is 0 Å². The quantitative estimate of drug-likeness (QED) is 0.665. The van der Waals surface area contributed by atoms with E-state index in [2.05, 4.69) is 23.0 Å². The lowest BCUT2D eigenvalue weighted by atomic mass is 10.2. The van der Waals surface area contributed by atoms with E-state index in [1.54, 1.807) is 18.0 Å². The molecule has 96 valence electrons. The van der Waals surface area contributed by atoms with E-state index in [0.29, 0.717) is 11.6 Å². The van der Waals surface area contributed by atoms with E-state index < -0.39 is 0 Å². The van der Waals surface area contributed by atoms with Crippen molar-refractivity contribution < 1.29 is 4.42 Å². The predicted octanol–water partition coefficient (Wildman–Crippen LogP) is 4.31. The Morgan fingerprint density at radius 1 is 1.26 bits per heavy atom. The second-order valence-corrected chi connectivity index (χ2v) is 5.59.